The van der Waals surface area contributed by atoms with Crippen LogP contribution in [0.25, 0.3) is 5.57 Å². The van der Waals surface area contributed by atoms with Crippen molar-refractivity contribution >= 4 is 11.5 Å². The first-order valence-corrected chi connectivity index (χ1v) is 6.62. The van der Waals surface area contributed by atoms with E-state index < -0.39 is 5.54 Å². The zero-order valence-corrected chi connectivity index (χ0v) is 11.7. The Morgan fingerprint density at radius 1 is 1.45 bits per heavy atom. The Labute approximate surface area is 118 Å². The Morgan fingerprint density at radius 2 is 2.10 bits per heavy atom. The number of allylic oxidation sites excluding steroid dienone is 1. The molecule has 2 rings (SSSR count). The molecule has 0 aromatic heterocycles. The first kappa shape index (κ1) is 14.3. The lowest BCUT2D eigenvalue weighted by atomic mass is 9.76. The molecule has 0 bridgehead atoms. The summed E-state index contributed by atoms with van der Waals surface area (Å²) in [5.74, 6) is -0.609. The molecule has 0 N–H and O–H groups in total. The van der Waals surface area contributed by atoms with Gasteiger partial charge in [0, 0.05) is 18.7 Å². The van der Waals surface area contributed by atoms with Crippen LogP contribution in [0.2, 0.25) is 0 Å². The van der Waals surface area contributed by atoms with Gasteiger partial charge in [-0.15, -0.1) is 0 Å². The Bertz CT molecular complexity index is 597. The summed E-state index contributed by atoms with van der Waals surface area (Å²) >= 11 is 0. The molecule has 1 amide bonds. The van der Waals surface area contributed by atoms with E-state index in [1.165, 1.54) is 17.0 Å². The number of nitriles is 1. The van der Waals surface area contributed by atoms with Crippen LogP contribution in [0.1, 0.15) is 31.7 Å². The van der Waals surface area contributed by atoms with Crippen LogP contribution in [0.3, 0.4) is 0 Å². The predicted octanol–water partition coefficient (Wildman–Crippen LogP) is 3.13. The lowest BCUT2D eigenvalue weighted by Crippen LogP contribution is -2.52. The third-order valence-corrected chi connectivity index (χ3v) is 4.00. The van der Waals surface area contributed by atoms with E-state index in [-0.39, 0.29) is 11.7 Å². The van der Waals surface area contributed by atoms with Crippen molar-refractivity contribution in [1.82, 2.24) is 4.90 Å². The second-order valence-corrected chi connectivity index (χ2v) is 5.20. The molecule has 0 heterocycles. The fourth-order valence-electron chi connectivity index (χ4n) is 2.39. The zero-order chi connectivity index (χ0) is 14.8. The van der Waals surface area contributed by atoms with Gasteiger partial charge >= 0.3 is 0 Å². The molecule has 104 valence electrons. The Kier molecular flexibility index (Phi) is 3.89. The smallest absolute Gasteiger partial charge is 0.247 e. The van der Waals surface area contributed by atoms with Crippen LogP contribution in [0.15, 0.2) is 30.3 Å². The molecule has 1 aliphatic carbocycles. The monoisotopic (exact) mass is 272 g/mol. The molecule has 1 aromatic carbocycles. The van der Waals surface area contributed by atoms with E-state index >= 15 is 0 Å². The topological polar surface area (TPSA) is 44.1 Å². The van der Waals surface area contributed by atoms with Gasteiger partial charge in [-0.1, -0.05) is 18.2 Å². The molecule has 0 radical (unpaired) electrons. The van der Waals surface area contributed by atoms with E-state index in [1.54, 1.807) is 32.2 Å². The quantitative estimate of drug-likeness (QED) is 0.793. The zero-order valence-electron chi connectivity index (χ0n) is 11.7. The fraction of sp³-hybridized carbons (Fsp3) is 0.375. The molecule has 20 heavy (non-hydrogen) atoms. The number of carbonyl (C=O) groups is 1. The molecule has 0 saturated heterocycles. The number of nitrogens with zero attached hydrogens (tertiary/aromatic N) is 2. The van der Waals surface area contributed by atoms with Gasteiger partial charge in [0.05, 0.1) is 6.07 Å². The van der Waals surface area contributed by atoms with Crippen molar-refractivity contribution in [2.75, 3.05) is 7.05 Å². The lowest BCUT2D eigenvalue weighted by Gasteiger charge is -2.42. The number of hydrogen-bond acceptors (Lipinski definition) is 2. The van der Waals surface area contributed by atoms with Crippen LogP contribution in [0, 0.1) is 17.1 Å². The van der Waals surface area contributed by atoms with Crippen molar-refractivity contribution in [3.8, 4) is 6.07 Å². The lowest BCUT2D eigenvalue weighted by molar-refractivity contribution is -0.130. The van der Waals surface area contributed by atoms with Crippen molar-refractivity contribution in [3.63, 3.8) is 0 Å². The van der Waals surface area contributed by atoms with Crippen molar-refractivity contribution in [2.45, 2.75) is 31.7 Å². The summed E-state index contributed by atoms with van der Waals surface area (Å²) in [6.45, 7) is 1.70. The van der Waals surface area contributed by atoms with Gasteiger partial charge in [0.2, 0.25) is 5.91 Å². The van der Waals surface area contributed by atoms with Gasteiger partial charge in [-0.2, -0.15) is 5.26 Å². The van der Waals surface area contributed by atoms with Gasteiger partial charge in [-0.25, -0.2) is 4.39 Å². The van der Waals surface area contributed by atoms with E-state index in [1.807, 2.05) is 0 Å². The average molecular weight is 272 g/mol. The summed E-state index contributed by atoms with van der Waals surface area (Å²) in [5.41, 5.74) is 0.296. The largest absolute Gasteiger partial charge is 0.323 e. The van der Waals surface area contributed by atoms with Crippen LogP contribution in [0.5, 0.6) is 0 Å². The number of carbonyl (C=O) groups excluding carboxylic acids is 1. The predicted molar refractivity (Wildman–Crippen MR) is 75.0 cm³/mol. The van der Waals surface area contributed by atoms with Gasteiger partial charge in [-0.3, -0.25) is 4.79 Å². The molecule has 1 saturated carbocycles. The highest BCUT2D eigenvalue weighted by atomic mass is 19.1. The van der Waals surface area contributed by atoms with E-state index in [2.05, 4.69) is 6.07 Å². The highest BCUT2D eigenvalue weighted by Gasteiger charge is 2.42. The second-order valence-electron chi connectivity index (χ2n) is 5.20. The van der Waals surface area contributed by atoms with Crippen LogP contribution < -0.4 is 0 Å². The maximum absolute atomic E-state index is 13.7. The van der Waals surface area contributed by atoms with Crippen LogP contribution in [-0.4, -0.2) is 23.4 Å². The van der Waals surface area contributed by atoms with Gasteiger partial charge in [0.15, 0.2) is 0 Å². The molecule has 0 unspecified atom stereocenters. The molecule has 0 aliphatic heterocycles. The molecule has 1 aliphatic rings. The summed E-state index contributed by atoms with van der Waals surface area (Å²) in [5, 5.41) is 9.23. The first-order valence-electron chi connectivity index (χ1n) is 6.62. The number of halogens is 1. The molecule has 0 atom stereocenters. The molecule has 1 fully saturated rings. The maximum atomic E-state index is 13.7. The number of rotatable bonds is 3. The highest BCUT2D eigenvalue weighted by Crippen LogP contribution is 2.36. The third-order valence-electron chi connectivity index (χ3n) is 4.00. The van der Waals surface area contributed by atoms with Crippen molar-refractivity contribution in [3.05, 3.63) is 41.7 Å². The third kappa shape index (κ3) is 2.44. The normalized spacial score (nSPS) is 17.0. The van der Waals surface area contributed by atoms with E-state index in [4.69, 9.17) is 0 Å². The molecule has 0 spiro atoms. The number of likely N-dealkylation sites (N-methyl/N-ethyl adjacent to an activating group) is 1. The molecular weight excluding hydrogens is 255 g/mol. The van der Waals surface area contributed by atoms with Gasteiger partial charge in [0.1, 0.15) is 11.4 Å². The van der Waals surface area contributed by atoms with Crippen LogP contribution >= 0.6 is 0 Å². The van der Waals surface area contributed by atoms with E-state index in [0.29, 0.717) is 24.0 Å². The number of benzene rings is 1. The highest BCUT2D eigenvalue weighted by molar-refractivity contribution is 5.95. The first-order chi connectivity index (χ1) is 9.50. The summed E-state index contributed by atoms with van der Waals surface area (Å²) < 4.78 is 13.7. The standard InChI is InChI=1S/C16H17FN2O/c1-12(13-6-3-4-7-14(13)17)10-15(20)19(2)16(11-18)8-5-9-16/h3-4,6-7,10H,5,8-9H2,1-2H3/b12-10+. The minimum absolute atomic E-state index is 0.257. The minimum atomic E-state index is -0.677. The SMILES string of the molecule is C/C(=C\C(=O)N(C)C1(C#N)CCC1)c1ccccc1F. The van der Waals surface area contributed by atoms with Gasteiger partial charge in [-0.05, 0) is 37.8 Å². The fourth-order valence-corrected chi connectivity index (χ4v) is 2.39. The number of hydrogen-bond donors (Lipinski definition) is 0. The maximum Gasteiger partial charge on any atom is 0.247 e. The summed E-state index contributed by atoms with van der Waals surface area (Å²) in [7, 11) is 1.63. The van der Waals surface area contributed by atoms with Crippen molar-refractivity contribution < 1.29 is 9.18 Å². The van der Waals surface area contributed by atoms with E-state index in [0.717, 1.165) is 6.42 Å². The Balaban J connectivity index is 2.21. The minimum Gasteiger partial charge on any atom is -0.323 e. The van der Waals surface area contributed by atoms with Gasteiger partial charge in [0.25, 0.3) is 0 Å². The Hall–Kier alpha value is -2.15. The summed E-state index contributed by atoms with van der Waals surface area (Å²) in [6.07, 6.45) is 3.77. The number of amides is 1. The van der Waals surface area contributed by atoms with Crippen LogP contribution in [-0.2, 0) is 4.79 Å². The molecule has 4 heteroatoms. The van der Waals surface area contributed by atoms with Crippen molar-refractivity contribution in [1.29, 1.82) is 5.26 Å². The Morgan fingerprint density at radius 3 is 2.60 bits per heavy atom. The molecular formula is C16H17FN2O. The van der Waals surface area contributed by atoms with E-state index in [9.17, 15) is 14.4 Å². The molecule has 1 aromatic rings. The summed E-state index contributed by atoms with van der Waals surface area (Å²) in [4.78, 5) is 13.7. The average Bonchev–Trinajstić information content (AvgIpc) is 2.38. The second kappa shape index (κ2) is 5.46. The summed E-state index contributed by atoms with van der Waals surface area (Å²) in [6, 6.07) is 8.56. The van der Waals surface area contributed by atoms with Crippen LogP contribution in [0.4, 0.5) is 4.39 Å². The molecule has 3 nitrogen and oxygen atoms in total. The van der Waals surface area contributed by atoms with Gasteiger partial charge < -0.3 is 4.90 Å². The van der Waals surface area contributed by atoms with Crippen molar-refractivity contribution in [2.24, 2.45) is 0 Å².